The Morgan fingerprint density at radius 2 is 1.71 bits per heavy atom. The van der Waals surface area contributed by atoms with Crippen molar-refractivity contribution in [3.63, 3.8) is 0 Å². The van der Waals surface area contributed by atoms with Crippen molar-refractivity contribution in [1.29, 1.82) is 0 Å². The summed E-state index contributed by atoms with van der Waals surface area (Å²) in [4.78, 5) is 23.0. The van der Waals surface area contributed by atoms with Crippen molar-refractivity contribution in [3.8, 4) is 0 Å². The van der Waals surface area contributed by atoms with E-state index in [0.717, 1.165) is 19.3 Å². The molecule has 1 N–H and O–H groups in total. The molecule has 0 fully saturated rings. The van der Waals surface area contributed by atoms with Crippen LogP contribution in [0.25, 0.3) is 0 Å². The number of aliphatic hydroxyl groups excluding tert-OH is 1. The van der Waals surface area contributed by atoms with Crippen LogP contribution in [0.3, 0.4) is 0 Å². The second-order valence-electron chi connectivity index (χ2n) is 5.53. The van der Waals surface area contributed by atoms with Gasteiger partial charge in [0, 0.05) is 12.8 Å². The van der Waals surface area contributed by atoms with E-state index in [1.165, 1.54) is 12.8 Å². The average Bonchev–Trinajstić information content (AvgIpc) is 2.37. The molecule has 0 rings (SSSR count). The first-order valence-electron chi connectivity index (χ1n) is 7.98. The summed E-state index contributed by atoms with van der Waals surface area (Å²) in [5.74, 6) is -0.658. The van der Waals surface area contributed by atoms with Crippen LogP contribution in [-0.4, -0.2) is 35.9 Å². The van der Waals surface area contributed by atoms with Crippen LogP contribution in [0.2, 0.25) is 0 Å². The smallest absolute Gasteiger partial charge is 0.309 e. The summed E-state index contributed by atoms with van der Waals surface area (Å²) in [7, 11) is 0. The van der Waals surface area contributed by atoms with E-state index in [2.05, 4.69) is 6.92 Å². The predicted octanol–water partition coefficient (Wildman–Crippen LogP) is 2.98. The zero-order chi connectivity index (χ0) is 16.1. The molecular weight excluding hydrogens is 272 g/mol. The van der Waals surface area contributed by atoms with Gasteiger partial charge in [-0.15, -0.1) is 0 Å². The van der Waals surface area contributed by atoms with Gasteiger partial charge in [0.15, 0.2) is 0 Å². The zero-order valence-corrected chi connectivity index (χ0v) is 13.6. The number of ether oxygens (including phenoxy) is 2. The van der Waals surface area contributed by atoms with Crippen LogP contribution in [0.15, 0.2) is 0 Å². The maximum atomic E-state index is 11.6. The van der Waals surface area contributed by atoms with Gasteiger partial charge in [0.1, 0.15) is 6.10 Å². The van der Waals surface area contributed by atoms with Gasteiger partial charge in [-0.25, -0.2) is 0 Å². The fourth-order valence-corrected chi connectivity index (χ4v) is 1.83. The minimum Gasteiger partial charge on any atom is -0.465 e. The predicted molar refractivity (Wildman–Crippen MR) is 80.8 cm³/mol. The summed E-state index contributed by atoms with van der Waals surface area (Å²) in [6.07, 6.45) is 5.33. The van der Waals surface area contributed by atoms with Crippen LogP contribution >= 0.6 is 0 Å². The molecular formula is C16H30O5. The quantitative estimate of drug-likeness (QED) is 0.443. The number of esters is 2. The van der Waals surface area contributed by atoms with E-state index in [4.69, 9.17) is 14.6 Å². The summed E-state index contributed by atoms with van der Waals surface area (Å²) in [6.45, 7) is 5.66. The maximum Gasteiger partial charge on any atom is 0.309 e. The van der Waals surface area contributed by atoms with Crippen molar-refractivity contribution in [2.45, 2.75) is 84.3 Å². The minimum atomic E-state index is -0.485. The van der Waals surface area contributed by atoms with Gasteiger partial charge in [0.25, 0.3) is 0 Å². The Morgan fingerprint density at radius 1 is 1.05 bits per heavy atom. The molecule has 21 heavy (non-hydrogen) atoms. The van der Waals surface area contributed by atoms with E-state index in [1.54, 1.807) is 13.8 Å². The van der Waals surface area contributed by atoms with Crippen molar-refractivity contribution in [2.75, 3.05) is 6.61 Å². The third kappa shape index (κ3) is 13.6. The van der Waals surface area contributed by atoms with Crippen molar-refractivity contribution in [2.24, 2.45) is 0 Å². The van der Waals surface area contributed by atoms with E-state index in [9.17, 15) is 9.59 Å². The lowest BCUT2D eigenvalue weighted by atomic mass is 10.1. The van der Waals surface area contributed by atoms with Crippen molar-refractivity contribution < 1.29 is 24.2 Å². The van der Waals surface area contributed by atoms with Crippen LogP contribution < -0.4 is 0 Å². The maximum absolute atomic E-state index is 11.6. The third-order valence-corrected chi connectivity index (χ3v) is 3.07. The monoisotopic (exact) mass is 302 g/mol. The lowest BCUT2D eigenvalue weighted by Crippen LogP contribution is -2.20. The lowest BCUT2D eigenvalue weighted by molar-refractivity contribution is -0.154. The molecule has 124 valence electrons. The topological polar surface area (TPSA) is 72.8 Å². The Morgan fingerprint density at radius 3 is 2.33 bits per heavy atom. The second-order valence-corrected chi connectivity index (χ2v) is 5.53. The molecule has 0 aliphatic carbocycles. The number of aliphatic hydroxyl groups is 1. The molecule has 0 aromatic carbocycles. The van der Waals surface area contributed by atoms with E-state index in [-0.39, 0.29) is 19.0 Å². The van der Waals surface area contributed by atoms with Crippen LogP contribution in [-0.2, 0) is 19.1 Å². The molecule has 0 amide bonds. The summed E-state index contributed by atoms with van der Waals surface area (Å²) in [5.41, 5.74) is 0. The molecule has 2 atom stereocenters. The Hall–Kier alpha value is -1.10. The molecule has 0 saturated heterocycles. The van der Waals surface area contributed by atoms with E-state index >= 15 is 0 Å². The molecule has 0 heterocycles. The molecule has 0 saturated carbocycles. The van der Waals surface area contributed by atoms with Crippen LogP contribution in [0.1, 0.15) is 72.1 Å². The van der Waals surface area contributed by atoms with Crippen LogP contribution in [0.4, 0.5) is 0 Å². The molecule has 5 heteroatoms. The lowest BCUT2D eigenvalue weighted by Gasteiger charge is -2.13. The van der Waals surface area contributed by atoms with Crippen molar-refractivity contribution in [1.82, 2.24) is 0 Å². The summed E-state index contributed by atoms with van der Waals surface area (Å²) >= 11 is 0. The van der Waals surface area contributed by atoms with Gasteiger partial charge in [0.05, 0.1) is 19.1 Å². The Kier molecular flexibility index (Phi) is 12.0. The fraction of sp³-hybridized carbons (Fsp3) is 0.875. The highest BCUT2D eigenvalue weighted by Crippen LogP contribution is 2.08. The normalized spacial score (nSPS) is 13.5. The molecule has 0 aromatic heterocycles. The highest BCUT2D eigenvalue weighted by Gasteiger charge is 2.14. The Balaban J connectivity index is 3.64. The number of hydrogen-bond acceptors (Lipinski definition) is 5. The first-order chi connectivity index (χ1) is 9.95. The summed E-state index contributed by atoms with van der Waals surface area (Å²) in [6, 6.07) is 0. The molecule has 0 aliphatic rings. The van der Waals surface area contributed by atoms with Gasteiger partial charge in [0.2, 0.25) is 0 Å². The SMILES string of the molecule is CCCCCCCC(=O)OC(C)CC(=O)OCCC(C)O. The summed E-state index contributed by atoms with van der Waals surface area (Å²) in [5, 5.41) is 9.04. The molecule has 5 nitrogen and oxygen atoms in total. The largest absolute Gasteiger partial charge is 0.465 e. The van der Waals surface area contributed by atoms with Gasteiger partial charge < -0.3 is 14.6 Å². The number of carbonyl (C=O) groups excluding carboxylic acids is 2. The molecule has 0 spiro atoms. The Labute approximate surface area is 128 Å². The van der Waals surface area contributed by atoms with Crippen molar-refractivity contribution in [3.05, 3.63) is 0 Å². The second kappa shape index (κ2) is 12.6. The van der Waals surface area contributed by atoms with Gasteiger partial charge in [-0.2, -0.15) is 0 Å². The standard InChI is InChI=1S/C16H30O5/c1-4-5-6-7-8-9-15(18)21-14(3)12-16(19)20-11-10-13(2)17/h13-14,17H,4-12H2,1-3H3. The third-order valence-electron chi connectivity index (χ3n) is 3.07. The van der Waals surface area contributed by atoms with Gasteiger partial charge in [-0.05, 0) is 20.3 Å². The molecule has 0 bridgehead atoms. The molecule has 0 aliphatic heterocycles. The summed E-state index contributed by atoms with van der Waals surface area (Å²) < 4.78 is 10.1. The Bertz CT molecular complexity index is 288. The number of carbonyl (C=O) groups is 2. The minimum absolute atomic E-state index is 0.0569. The number of unbranched alkanes of at least 4 members (excludes halogenated alkanes) is 4. The van der Waals surface area contributed by atoms with E-state index in [0.29, 0.717) is 12.8 Å². The highest BCUT2D eigenvalue weighted by molar-refractivity contribution is 5.72. The van der Waals surface area contributed by atoms with Gasteiger partial charge in [-0.3, -0.25) is 9.59 Å². The molecule has 0 aromatic rings. The van der Waals surface area contributed by atoms with Gasteiger partial charge in [-0.1, -0.05) is 32.6 Å². The number of hydrogen-bond donors (Lipinski definition) is 1. The van der Waals surface area contributed by atoms with Gasteiger partial charge >= 0.3 is 11.9 Å². The fourth-order valence-electron chi connectivity index (χ4n) is 1.83. The number of rotatable bonds is 12. The molecule has 2 unspecified atom stereocenters. The average molecular weight is 302 g/mol. The van der Waals surface area contributed by atoms with E-state index < -0.39 is 18.2 Å². The van der Waals surface area contributed by atoms with Crippen LogP contribution in [0, 0.1) is 0 Å². The van der Waals surface area contributed by atoms with E-state index in [1.807, 2.05) is 0 Å². The zero-order valence-electron chi connectivity index (χ0n) is 13.6. The van der Waals surface area contributed by atoms with Crippen LogP contribution in [0.5, 0.6) is 0 Å². The highest BCUT2D eigenvalue weighted by atomic mass is 16.6. The first kappa shape index (κ1) is 19.9. The molecule has 0 radical (unpaired) electrons. The van der Waals surface area contributed by atoms with Crippen molar-refractivity contribution >= 4 is 11.9 Å². The first-order valence-corrected chi connectivity index (χ1v) is 7.98.